The molecule has 132 valence electrons. The van der Waals surface area contributed by atoms with Gasteiger partial charge in [0.25, 0.3) is 0 Å². The summed E-state index contributed by atoms with van der Waals surface area (Å²) in [6.45, 7) is 4.41. The lowest BCUT2D eigenvalue weighted by molar-refractivity contribution is -0.126. The maximum Gasteiger partial charge on any atom is 0.223 e. The lowest BCUT2D eigenvalue weighted by atomic mass is 9.88. The Morgan fingerprint density at radius 2 is 2.04 bits per heavy atom. The summed E-state index contributed by atoms with van der Waals surface area (Å²) in [4.78, 5) is 12.2. The Balaban J connectivity index is 1.59. The molecule has 3 rings (SSSR count). The van der Waals surface area contributed by atoms with E-state index in [0.29, 0.717) is 12.5 Å². The smallest absolute Gasteiger partial charge is 0.223 e. The van der Waals surface area contributed by atoms with Gasteiger partial charge in [0.15, 0.2) is 11.5 Å². The highest BCUT2D eigenvalue weighted by atomic mass is 16.5. The first-order valence-electron chi connectivity index (χ1n) is 8.99. The number of hydrogen-bond acceptors (Lipinski definition) is 4. The lowest BCUT2D eigenvalue weighted by Crippen LogP contribution is -2.49. The molecule has 1 amide bonds. The van der Waals surface area contributed by atoms with E-state index in [-0.39, 0.29) is 17.9 Å². The number of nitrogens with one attached hydrogen (secondary N) is 2. The van der Waals surface area contributed by atoms with E-state index in [2.05, 4.69) is 10.6 Å². The van der Waals surface area contributed by atoms with Gasteiger partial charge in [-0.2, -0.15) is 0 Å². The molecule has 0 bridgehead atoms. The molecule has 1 aliphatic heterocycles. The third kappa shape index (κ3) is 4.01. The topological polar surface area (TPSA) is 59.6 Å². The first-order chi connectivity index (χ1) is 11.7. The maximum atomic E-state index is 12.2. The SMILES string of the molecule is COc1ccc(CNC(=O)C(C)C2CNC2)cc1OC1CCCC1. The standard InChI is InChI=1S/C19H28N2O3/c1-13(15-11-20-12-15)19(22)21-10-14-7-8-17(23-2)18(9-14)24-16-5-3-4-6-16/h7-9,13,15-16,20H,3-6,10-12H2,1-2H3,(H,21,22). The quantitative estimate of drug-likeness (QED) is 0.805. The minimum atomic E-state index is 0.0544. The number of benzene rings is 1. The van der Waals surface area contributed by atoms with Gasteiger partial charge in [-0.05, 0) is 62.4 Å². The molecule has 2 fully saturated rings. The van der Waals surface area contributed by atoms with Crippen LogP contribution < -0.4 is 20.1 Å². The fraction of sp³-hybridized carbons (Fsp3) is 0.632. The Labute approximate surface area is 144 Å². The molecule has 1 saturated heterocycles. The summed E-state index contributed by atoms with van der Waals surface area (Å²) in [5.74, 6) is 2.18. The van der Waals surface area contributed by atoms with Gasteiger partial charge in [-0.3, -0.25) is 4.79 Å². The van der Waals surface area contributed by atoms with Crippen molar-refractivity contribution in [3.8, 4) is 11.5 Å². The van der Waals surface area contributed by atoms with Crippen molar-refractivity contribution in [2.24, 2.45) is 11.8 Å². The largest absolute Gasteiger partial charge is 0.493 e. The Morgan fingerprint density at radius 3 is 2.67 bits per heavy atom. The first kappa shape index (κ1) is 17.1. The molecule has 24 heavy (non-hydrogen) atoms. The van der Waals surface area contributed by atoms with Crippen LogP contribution >= 0.6 is 0 Å². The van der Waals surface area contributed by atoms with Crippen LogP contribution in [0.5, 0.6) is 11.5 Å². The van der Waals surface area contributed by atoms with E-state index in [1.165, 1.54) is 12.8 Å². The second-order valence-electron chi connectivity index (χ2n) is 6.93. The summed E-state index contributed by atoms with van der Waals surface area (Å²) < 4.78 is 11.5. The predicted molar refractivity (Wildman–Crippen MR) is 93.2 cm³/mol. The zero-order chi connectivity index (χ0) is 16.9. The van der Waals surface area contributed by atoms with Crippen molar-refractivity contribution in [2.45, 2.75) is 45.3 Å². The molecule has 0 aromatic heterocycles. The molecule has 0 radical (unpaired) electrons. The number of methoxy groups -OCH3 is 1. The molecule has 1 saturated carbocycles. The van der Waals surface area contributed by atoms with Crippen LogP contribution in [-0.2, 0) is 11.3 Å². The second-order valence-corrected chi connectivity index (χ2v) is 6.93. The van der Waals surface area contributed by atoms with E-state index in [1.807, 2.05) is 25.1 Å². The van der Waals surface area contributed by atoms with Gasteiger partial charge in [0, 0.05) is 12.5 Å². The monoisotopic (exact) mass is 332 g/mol. The Bertz CT molecular complexity index is 566. The number of ether oxygens (including phenoxy) is 2. The molecule has 1 aromatic rings. The van der Waals surface area contributed by atoms with Gasteiger partial charge in [-0.1, -0.05) is 13.0 Å². The molecule has 5 heteroatoms. The minimum absolute atomic E-state index is 0.0544. The van der Waals surface area contributed by atoms with E-state index < -0.39 is 0 Å². The number of rotatable bonds is 7. The Hall–Kier alpha value is -1.75. The van der Waals surface area contributed by atoms with Crippen LogP contribution in [0.15, 0.2) is 18.2 Å². The van der Waals surface area contributed by atoms with Crippen molar-refractivity contribution >= 4 is 5.91 Å². The highest BCUT2D eigenvalue weighted by molar-refractivity contribution is 5.78. The van der Waals surface area contributed by atoms with Crippen LogP contribution in [0.3, 0.4) is 0 Å². The molecule has 0 spiro atoms. The molecule has 1 unspecified atom stereocenters. The summed E-state index contributed by atoms with van der Waals surface area (Å²) in [5, 5.41) is 6.26. The number of carbonyl (C=O) groups is 1. The van der Waals surface area contributed by atoms with E-state index in [1.54, 1.807) is 7.11 Å². The summed E-state index contributed by atoms with van der Waals surface area (Å²) in [7, 11) is 1.66. The fourth-order valence-electron chi connectivity index (χ4n) is 3.34. The van der Waals surface area contributed by atoms with Crippen molar-refractivity contribution < 1.29 is 14.3 Å². The van der Waals surface area contributed by atoms with Gasteiger partial charge < -0.3 is 20.1 Å². The Kier molecular flexibility index (Phi) is 5.61. The van der Waals surface area contributed by atoms with E-state index in [0.717, 1.165) is 43.0 Å². The van der Waals surface area contributed by atoms with Crippen molar-refractivity contribution in [3.63, 3.8) is 0 Å². The molecule has 1 heterocycles. The van der Waals surface area contributed by atoms with E-state index >= 15 is 0 Å². The van der Waals surface area contributed by atoms with Crippen LogP contribution in [0.4, 0.5) is 0 Å². The number of hydrogen-bond donors (Lipinski definition) is 2. The van der Waals surface area contributed by atoms with Gasteiger partial charge in [-0.15, -0.1) is 0 Å². The molecular formula is C19H28N2O3. The maximum absolute atomic E-state index is 12.2. The van der Waals surface area contributed by atoms with Gasteiger partial charge in [-0.25, -0.2) is 0 Å². The molecule has 2 aliphatic rings. The van der Waals surface area contributed by atoms with Gasteiger partial charge in [0.1, 0.15) is 0 Å². The van der Waals surface area contributed by atoms with Gasteiger partial charge in [0.05, 0.1) is 13.2 Å². The third-order valence-electron chi connectivity index (χ3n) is 5.22. The first-order valence-corrected chi connectivity index (χ1v) is 8.99. The van der Waals surface area contributed by atoms with Gasteiger partial charge >= 0.3 is 0 Å². The summed E-state index contributed by atoms with van der Waals surface area (Å²) in [6, 6.07) is 5.90. The zero-order valence-corrected chi connectivity index (χ0v) is 14.6. The molecule has 2 N–H and O–H groups in total. The predicted octanol–water partition coefficient (Wildman–Crippen LogP) is 2.49. The lowest BCUT2D eigenvalue weighted by Gasteiger charge is -2.31. The highest BCUT2D eigenvalue weighted by Gasteiger charge is 2.28. The molecule has 1 atom stereocenters. The zero-order valence-electron chi connectivity index (χ0n) is 14.6. The summed E-state index contributed by atoms with van der Waals surface area (Å²) in [5.41, 5.74) is 1.04. The van der Waals surface area contributed by atoms with Crippen molar-refractivity contribution in [1.82, 2.24) is 10.6 Å². The van der Waals surface area contributed by atoms with Crippen molar-refractivity contribution in [1.29, 1.82) is 0 Å². The van der Waals surface area contributed by atoms with E-state index in [9.17, 15) is 4.79 Å². The van der Waals surface area contributed by atoms with E-state index in [4.69, 9.17) is 9.47 Å². The van der Waals surface area contributed by atoms with Gasteiger partial charge in [0.2, 0.25) is 5.91 Å². The summed E-state index contributed by atoms with van der Waals surface area (Å²) in [6.07, 6.45) is 4.97. The van der Waals surface area contributed by atoms with Crippen molar-refractivity contribution in [2.75, 3.05) is 20.2 Å². The van der Waals surface area contributed by atoms with Crippen LogP contribution in [-0.4, -0.2) is 32.2 Å². The second kappa shape index (κ2) is 7.88. The number of amides is 1. The average Bonchev–Trinajstić information content (AvgIpc) is 3.04. The summed E-state index contributed by atoms with van der Waals surface area (Å²) >= 11 is 0. The van der Waals surface area contributed by atoms with Crippen molar-refractivity contribution in [3.05, 3.63) is 23.8 Å². The number of carbonyl (C=O) groups excluding carboxylic acids is 1. The van der Waals surface area contributed by atoms with Crippen LogP contribution in [0, 0.1) is 11.8 Å². The molecule has 1 aromatic carbocycles. The fourth-order valence-corrected chi connectivity index (χ4v) is 3.34. The normalized spacial score (nSPS) is 19.6. The molecule has 1 aliphatic carbocycles. The highest BCUT2D eigenvalue weighted by Crippen LogP contribution is 2.32. The van der Waals surface area contributed by atoms with Crippen LogP contribution in [0.2, 0.25) is 0 Å². The average molecular weight is 332 g/mol. The minimum Gasteiger partial charge on any atom is -0.493 e. The third-order valence-corrected chi connectivity index (χ3v) is 5.22. The molecule has 5 nitrogen and oxygen atoms in total. The Morgan fingerprint density at radius 1 is 1.29 bits per heavy atom. The van der Waals surface area contributed by atoms with Crippen LogP contribution in [0.25, 0.3) is 0 Å². The van der Waals surface area contributed by atoms with Crippen LogP contribution in [0.1, 0.15) is 38.2 Å². The molecular weight excluding hydrogens is 304 g/mol.